The van der Waals surface area contributed by atoms with E-state index < -0.39 is 0 Å². The Hall–Kier alpha value is -3.01. The number of benzene rings is 2. The van der Waals surface area contributed by atoms with Gasteiger partial charge in [-0.1, -0.05) is 18.2 Å². The molecule has 9 heteroatoms. The average molecular weight is 493 g/mol. The molecular formula is C26H32N6O2S. The van der Waals surface area contributed by atoms with E-state index in [-0.39, 0.29) is 0 Å². The first kappa shape index (κ1) is 23.7. The summed E-state index contributed by atoms with van der Waals surface area (Å²) >= 11 is 5.47. The molecule has 35 heavy (non-hydrogen) atoms. The lowest BCUT2D eigenvalue weighted by atomic mass is 10.1. The molecular weight excluding hydrogens is 460 g/mol. The second-order valence-electron chi connectivity index (χ2n) is 8.75. The predicted molar refractivity (Wildman–Crippen MR) is 142 cm³/mol. The highest BCUT2D eigenvalue weighted by molar-refractivity contribution is 7.71. The van der Waals surface area contributed by atoms with Crippen LogP contribution >= 0.6 is 12.2 Å². The van der Waals surface area contributed by atoms with Gasteiger partial charge in [0.1, 0.15) is 17.9 Å². The number of aryl methyl sites for hydroxylation is 1. The van der Waals surface area contributed by atoms with Crippen molar-refractivity contribution in [2.24, 2.45) is 0 Å². The fraction of sp³-hybridized carbons (Fsp3) is 0.423. The largest absolute Gasteiger partial charge is 0.493 e. The Kier molecular flexibility index (Phi) is 7.56. The Bertz CT molecular complexity index is 1340. The minimum absolute atomic E-state index is 0.611. The number of hydrogen-bond donors (Lipinski definition) is 2. The molecule has 5 rings (SSSR count). The van der Waals surface area contributed by atoms with Crippen molar-refractivity contribution in [1.82, 2.24) is 24.4 Å². The number of anilines is 1. The van der Waals surface area contributed by atoms with E-state index in [2.05, 4.69) is 54.9 Å². The standard InChI is InChI=1S/C26H32N6O2S/c1-2-32-23-16-21-20(15-22(23)30-26(32)35)25(29-18-28-21)27-17-19-7-3-4-8-24(19)34-12-6-5-9-31-10-13-33-14-11-31/h3-4,7-8,15-16,18H,2,5-6,9-14,17H2,1H3,(H,30,35)(H,27,28,29). The van der Waals surface area contributed by atoms with Crippen LogP contribution < -0.4 is 10.1 Å². The normalized spacial score (nSPS) is 14.5. The maximum absolute atomic E-state index is 6.15. The Morgan fingerprint density at radius 1 is 1.14 bits per heavy atom. The van der Waals surface area contributed by atoms with E-state index in [1.165, 1.54) is 0 Å². The molecule has 1 saturated heterocycles. The maximum Gasteiger partial charge on any atom is 0.178 e. The van der Waals surface area contributed by atoms with Crippen molar-refractivity contribution in [3.05, 3.63) is 53.1 Å². The zero-order chi connectivity index (χ0) is 24.0. The van der Waals surface area contributed by atoms with Gasteiger partial charge in [0.25, 0.3) is 0 Å². The quantitative estimate of drug-likeness (QED) is 0.244. The number of nitrogens with one attached hydrogen (secondary N) is 2. The van der Waals surface area contributed by atoms with Gasteiger partial charge in [-0.3, -0.25) is 4.90 Å². The molecule has 4 aromatic rings. The fourth-order valence-corrected chi connectivity index (χ4v) is 4.91. The summed E-state index contributed by atoms with van der Waals surface area (Å²) in [5.41, 5.74) is 4.03. The second-order valence-corrected chi connectivity index (χ2v) is 9.14. The highest BCUT2D eigenvalue weighted by Gasteiger charge is 2.12. The van der Waals surface area contributed by atoms with Crippen LogP contribution in [0.1, 0.15) is 25.3 Å². The van der Waals surface area contributed by atoms with Gasteiger partial charge in [0.2, 0.25) is 0 Å². The third kappa shape index (κ3) is 5.47. The molecule has 2 aromatic carbocycles. The van der Waals surface area contributed by atoms with Gasteiger partial charge in [-0.05, 0) is 56.7 Å². The number of para-hydroxylation sites is 1. The van der Waals surface area contributed by atoms with E-state index >= 15 is 0 Å². The molecule has 0 amide bonds. The number of aromatic nitrogens is 4. The van der Waals surface area contributed by atoms with Gasteiger partial charge in [-0.15, -0.1) is 0 Å². The molecule has 0 saturated carbocycles. The first-order valence-electron chi connectivity index (χ1n) is 12.3. The van der Waals surface area contributed by atoms with E-state index in [9.17, 15) is 0 Å². The van der Waals surface area contributed by atoms with Crippen LogP contribution in [0.2, 0.25) is 0 Å². The molecule has 2 aromatic heterocycles. The van der Waals surface area contributed by atoms with Crippen molar-refractivity contribution in [1.29, 1.82) is 0 Å². The van der Waals surface area contributed by atoms with E-state index in [0.29, 0.717) is 13.2 Å². The zero-order valence-electron chi connectivity index (χ0n) is 20.1. The van der Waals surface area contributed by atoms with Crippen molar-refractivity contribution in [3.63, 3.8) is 0 Å². The minimum atomic E-state index is 0.611. The number of imidazole rings is 1. The molecule has 3 heterocycles. The molecule has 1 fully saturated rings. The molecule has 0 atom stereocenters. The van der Waals surface area contributed by atoms with Crippen LogP contribution in [0, 0.1) is 4.77 Å². The van der Waals surface area contributed by atoms with Crippen molar-refractivity contribution in [2.75, 3.05) is 44.8 Å². The van der Waals surface area contributed by atoms with Crippen LogP contribution in [-0.4, -0.2) is 63.9 Å². The predicted octanol–water partition coefficient (Wildman–Crippen LogP) is 4.77. The summed E-state index contributed by atoms with van der Waals surface area (Å²) in [6.07, 6.45) is 3.76. The van der Waals surface area contributed by atoms with Gasteiger partial charge in [0, 0.05) is 37.1 Å². The summed E-state index contributed by atoms with van der Waals surface area (Å²) in [6, 6.07) is 12.3. The molecule has 8 nitrogen and oxygen atoms in total. The van der Waals surface area contributed by atoms with E-state index in [4.69, 9.17) is 21.7 Å². The molecule has 0 bridgehead atoms. The number of fused-ring (bicyclic) bond motifs is 2. The summed E-state index contributed by atoms with van der Waals surface area (Å²) in [5, 5.41) is 4.45. The van der Waals surface area contributed by atoms with Crippen LogP contribution in [0.5, 0.6) is 5.75 Å². The van der Waals surface area contributed by atoms with Gasteiger partial charge >= 0.3 is 0 Å². The van der Waals surface area contributed by atoms with Crippen LogP contribution in [-0.2, 0) is 17.8 Å². The van der Waals surface area contributed by atoms with Crippen LogP contribution in [0.4, 0.5) is 5.82 Å². The number of unbranched alkanes of at least 4 members (excludes halogenated alkanes) is 1. The Labute approximate surface area is 210 Å². The number of hydrogen-bond acceptors (Lipinski definition) is 7. The van der Waals surface area contributed by atoms with Crippen LogP contribution in [0.3, 0.4) is 0 Å². The van der Waals surface area contributed by atoms with Crippen LogP contribution in [0.25, 0.3) is 21.9 Å². The van der Waals surface area contributed by atoms with Gasteiger partial charge in [-0.25, -0.2) is 9.97 Å². The molecule has 0 aliphatic carbocycles. The molecule has 2 N–H and O–H groups in total. The highest BCUT2D eigenvalue weighted by atomic mass is 32.1. The van der Waals surface area contributed by atoms with Crippen molar-refractivity contribution >= 4 is 40.0 Å². The first-order valence-corrected chi connectivity index (χ1v) is 12.8. The summed E-state index contributed by atoms with van der Waals surface area (Å²) in [4.78, 5) is 14.8. The minimum Gasteiger partial charge on any atom is -0.493 e. The fourth-order valence-electron chi connectivity index (χ4n) is 4.58. The summed E-state index contributed by atoms with van der Waals surface area (Å²) in [6.45, 7) is 9.10. The van der Waals surface area contributed by atoms with Gasteiger partial charge in [0.05, 0.1) is 36.4 Å². The second kappa shape index (κ2) is 11.2. The van der Waals surface area contributed by atoms with E-state index in [1.807, 2.05) is 18.2 Å². The monoisotopic (exact) mass is 492 g/mol. The molecule has 0 radical (unpaired) electrons. The van der Waals surface area contributed by atoms with Crippen molar-refractivity contribution < 1.29 is 9.47 Å². The number of aromatic amines is 1. The Morgan fingerprint density at radius 3 is 2.86 bits per heavy atom. The lowest BCUT2D eigenvalue weighted by Gasteiger charge is -2.26. The Morgan fingerprint density at radius 2 is 2.00 bits per heavy atom. The molecule has 0 spiro atoms. The molecule has 1 aliphatic heterocycles. The third-order valence-electron chi connectivity index (χ3n) is 6.50. The number of ether oxygens (including phenoxy) is 2. The number of nitrogens with zero attached hydrogens (tertiary/aromatic N) is 4. The number of H-pyrrole nitrogens is 1. The molecule has 1 aliphatic rings. The summed E-state index contributed by atoms with van der Waals surface area (Å²) in [5.74, 6) is 1.71. The summed E-state index contributed by atoms with van der Waals surface area (Å²) < 4.78 is 14.4. The van der Waals surface area contributed by atoms with Gasteiger partial charge < -0.3 is 24.3 Å². The summed E-state index contributed by atoms with van der Waals surface area (Å²) in [7, 11) is 0. The van der Waals surface area contributed by atoms with Gasteiger partial charge in [-0.2, -0.15) is 0 Å². The highest BCUT2D eigenvalue weighted by Crippen LogP contribution is 2.27. The number of morpholine rings is 1. The third-order valence-corrected chi connectivity index (χ3v) is 6.82. The zero-order valence-corrected chi connectivity index (χ0v) is 20.9. The van der Waals surface area contributed by atoms with Gasteiger partial charge in [0.15, 0.2) is 4.77 Å². The smallest absolute Gasteiger partial charge is 0.178 e. The topological polar surface area (TPSA) is 80.2 Å². The maximum atomic E-state index is 6.15. The Balaban J connectivity index is 1.23. The van der Waals surface area contributed by atoms with Crippen molar-refractivity contribution in [3.8, 4) is 5.75 Å². The lowest BCUT2D eigenvalue weighted by Crippen LogP contribution is -2.36. The molecule has 184 valence electrons. The first-order chi connectivity index (χ1) is 17.2. The van der Waals surface area contributed by atoms with Crippen LogP contribution in [0.15, 0.2) is 42.7 Å². The SMILES string of the molecule is CCn1c(=S)[nH]c2cc3c(NCc4ccccc4OCCCCN4CCOCC4)ncnc3cc21. The van der Waals surface area contributed by atoms with E-state index in [1.54, 1.807) is 6.33 Å². The number of rotatable bonds is 10. The lowest BCUT2D eigenvalue weighted by molar-refractivity contribution is 0.0368. The van der Waals surface area contributed by atoms with Crippen molar-refractivity contribution in [2.45, 2.75) is 32.9 Å². The average Bonchev–Trinajstić information content (AvgIpc) is 3.20. The molecule has 0 unspecified atom stereocenters. The van der Waals surface area contributed by atoms with E-state index in [0.717, 1.165) is 96.1 Å².